The molecule has 250 valence electrons. The van der Waals surface area contributed by atoms with Gasteiger partial charge in [-0.2, -0.15) is 0 Å². The summed E-state index contributed by atoms with van der Waals surface area (Å²) in [5, 5.41) is 44.1. The minimum Gasteiger partial charge on any atom is -0.507 e. The number of nitrogens with one attached hydrogen (secondary N) is 1. The number of ketones is 1. The van der Waals surface area contributed by atoms with Crippen LogP contribution in [0.5, 0.6) is 17.2 Å². The van der Waals surface area contributed by atoms with Crippen molar-refractivity contribution in [1.29, 1.82) is 0 Å². The molecule has 15 heteroatoms. The van der Waals surface area contributed by atoms with Gasteiger partial charge in [0.2, 0.25) is 18.2 Å². The number of Topliss-reactive ketones (excluding diaryl/α,β-unsaturated/α-hetero) is 1. The molecule has 15 nitrogen and oxygen atoms in total. The summed E-state index contributed by atoms with van der Waals surface area (Å²) in [6.07, 6.45) is -3.74. The number of carboxylic acid groups (broad SMARTS) is 1. The number of methoxy groups -OCH3 is 1. The van der Waals surface area contributed by atoms with Crippen LogP contribution in [-0.4, -0.2) is 91.6 Å². The molecule has 1 fully saturated rings. The second-order valence-corrected chi connectivity index (χ2v) is 11.5. The number of aliphatic carboxylic acids is 1. The molecule has 4 atom stereocenters. The van der Waals surface area contributed by atoms with Crippen LogP contribution in [0.25, 0.3) is 16.4 Å². The number of benzene rings is 3. The molecule has 1 unspecified atom stereocenters. The molecule has 0 aliphatic carbocycles. The fraction of sp³-hybridized carbons (Fsp3) is 0.206. The summed E-state index contributed by atoms with van der Waals surface area (Å²) in [4.78, 5) is 55.8. The summed E-state index contributed by atoms with van der Waals surface area (Å²) >= 11 is 0. The standard InChI is InChI=1S/C34H28N4O11/c1-47-19-7-8-21-22(12-19)20-10-11-38(24(20)13-25(21)39)32(44)23-15-37-14-17(4-9-26(37)36-23)35-31(43)16-2-5-18(6-3-16)48-34-29(42)27(40)28(41)30(49-34)33(45)46/h2-9,12-15,27,29-30,34,39-40,42H,10-11H2,1H3,(H,35,43)(H,45,46)/t27-,29+,30?,34+/m0/s1. The number of fused-ring (bicyclic) bond motifs is 4. The van der Waals surface area contributed by atoms with Crippen molar-refractivity contribution in [3.8, 4) is 17.2 Å². The van der Waals surface area contributed by atoms with E-state index in [1.807, 2.05) is 6.07 Å². The maximum absolute atomic E-state index is 13.6. The van der Waals surface area contributed by atoms with Crippen LogP contribution >= 0.6 is 0 Å². The molecule has 5 aromatic rings. The number of phenolic OH excluding ortho intramolecular Hbond substituents is 1. The Labute approximate surface area is 276 Å². The van der Waals surface area contributed by atoms with Crippen LogP contribution in [0.15, 0.2) is 73.1 Å². The lowest BCUT2D eigenvalue weighted by atomic mass is 10.0. The van der Waals surface area contributed by atoms with Crippen molar-refractivity contribution in [2.24, 2.45) is 0 Å². The summed E-state index contributed by atoms with van der Waals surface area (Å²) in [5.41, 5.74) is 2.80. The fourth-order valence-electron chi connectivity index (χ4n) is 5.97. The van der Waals surface area contributed by atoms with E-state index in [2.05, 4.69) is 10.3 Å². The molecule has 0 spiro atoms. The van der Waals surface area contributed by atoms with Gasteiger partial charge < -0.3 is 49.3 Å². The van der Waals surface area contributed by atoms with E-state index >= 15 is 0 Å². The third kappa shape index (κ3) is 5.65. The highest BCUT2D eigenvalue weighted by atomic mass is 16.7. The normalized spacial score (nSPS) is 20.3. The van der Waals surface area contributed by atoms with Gasteiger partial charge in [0.1, 0.15) is 40.8 Å². The molecule has 7 rings (SSSR count). The number of amides is 2. The lowest BCUT2D eigenvalue weighted by molar-refractivity contribution is -0.228. The first-order chi connectivity index (χ1) is 23.5. The number of rotatable bonds is 7. The molecule has 2 aliphatic heterocycles. The Kier molecular flexibility index (Phi) is 7.86. The number of carboxylic acids is 1. The predicted molar refractivity (Wildman–Crippen MR) is 171 cm³/mol. The molecular weight excluding hydrogens is 640 g/mol. The number of nitrogens with zero attached hydrogens (tertiary/aromatic N) is 3. The number of aliphatic hydroxyl groups excluding tert-OH is 2. The number of aliphatic hydroxyl groups is 2. The van der Waals surface area contributed by atoms with Crippen LogP contribution in [0.1, 0.15) is 26.4 Å². The third-order valence-corrected chi connectivity index (χ3v) is 8.48. The molecular formula is C34H28N4O11. The van der Waals surface area contributed by atoms with Crippen LogP contribution in [0.3, 0.4) is 0 Å². The van der Waals surface area contributed by atoms with E-state index in [1.54, 1.807) is 59.1 Å². The summed E-state index contributed by atoms with van der Waals surface area (Å²) < 4.78 is 17.4. The zero-order valence-corrected chi connectivity index (χ0v) is 25.6. The number of imidazole rings is 1. The summed E-state index contributed by atoms with van der Waals surface area (Å²) in [7, 11) is 1.57. The van der Waals surface area contributed by atoms with Crippen molar-refractivity contribution >= 4 is 51.4 Å². The third-order valence-electron chi connectivity index (χ3n) is 8.48. The smallest absolute Gasteiger partial charge is 0.340 e. The van der Waals surface area contributed by atoms with E-state index in [9.17, 15) is 34.5 Å². The van der Waals surface area contributed by atoms with Gasteiger partial charge in [-0.05, 0) is 72.0 Å². The quantitative estimate of drug-likeness (QED) is 0.158. The number of aromatic hydroxyl groups is 1. The number of aromatic nitrogens is 2. The number of carbonyl (C=O) groups is 4. The average molecular weight is 669 g/mol. The number of pyridine rings is 1. The monoisotopic (exact) mass is 668 g/mol. The number of phenols is 1. The Morgan fingerprint density at radius 3 is 2.47 bits per heavy atom. The topological polar surface area (TPSA) is 209 Å². The zero-order chi connectivity index (χ0) is 34.6. The molecule has 0 saturated carbocycles. The second-order valence-electron chi connectivity index (χ2n) is 11.5. The summed E-state index contributed by atoms with van der Waals surface area (Å²) in [6.45, 7) is 0.404. The maximum Gasteiger partial charge on any atom is 0.340 e. The summed E-state index contributed by atoms with van der Waals surface area (Å²) in [5.74, 6) is -2.89. The van der Waals surface area contributed by atoms with Gasteiger partial charge in [-0.1, -0.05) is 0 Å². The number of hydrogen-bond donors (Lipinski definition) is 5. The minimum absolute atomic E-state index is 0.0529. The van der Waals surface area contributed by atoms with E-state index in [4.69, 9.17) is 19.3 Å². The molecule has 2 aromatic heterocycles. The number of carbonyl (C=O) groups excluding carboxylic acids is 3. The number of hydrogen-bond acceptors (Lipinski definition) is 11. The highest BCUT2D eigenvalue weighted by Crippen LogP contribution is 2.41. The average Bonchev–Trinajstić information content (AvgIpc) is 3.72. The Hall–Kier alpha value is -6.03. The van der Waals surface area contributed by atoms with Gasteiger partial charge in [-0.15, -0.1) is 0 Å². The van der Waals surface area contributed by atoms with Gasteiger partial charge in [0, 0.05) is 36.0 Å². The molecule has 1 saturated heterocycles. The lowest BCUT2D eigenvalue weighted by Crippen LogP contribution is -2.59. The van der Waals surface area contributed by atoms with Gasteiger partial charge in [-0.3, -0.25) is 14.4 Å². The molecule has 4 heterocycles. The molecule has 3 aromatic carbocycles. The lowest BCUT2D eigenvalue weighted by Gasteiger charge is -2.34. The van der Waals surface area contributed by atoms with E-state index in [1.165, 1.54) is 24.3 Å². The Morgan fingerprint density at radius 1 is 0.980 bits per heavy atom. The molecule has 49 heavy (non-hydrogen) atoms. The van der Waals surface area contributed by atoms with Crippen LogP contribution in [0, 0.1) is 0 Å². The van der Waals surface area contributed by atoms with E-state index < -0.39 is 42.3 Å². The van der Waals surface area contributed by atoms with E-state index in [-0.39, 0.29) is 28.7 Å². The largest absolute Gasteiger partial charge is 0.507 e. The van der Waals surface area contributed by atoms with Crippen molar-refractivity contribution in [1.82, 2.24) is 9.38 Å². The van der Waals surface area contributed by atoms with Crippen LogP contribution in [0.4, 0.5) is 11.4 Å². The number of ether oxygens (including phenoxy) is 3. The first-order valence-corrected chi connectivity index (χ1v) is 15.0. The van der Waals surface area contributed by atoms with E-state index in [0.29, 0.717) is 41.1 Å². The zero-order valence-electron chi connectivity index (χ0n) is 25.6. The maximum atomic E-state index is 13.6. The highest BCUT2D eigenvalue weighted by Gasteiger charge is 2.48. The van der Waals surface area contributed by atoms with Crippen molar-refractivity contribution in [2.75, 3.05) is 23.9 Å². The van der Waals surface area contributed by atoms with Crippen molar-refractivity contribution in [3.63, 3.8) is 0 Å². The first-order valence-electron chi connectivity index (χ1n) is 15.0. The Morgan fingerprint density at radius 2 is 1.73 bits per heavy atom. The van der Waals surface area contributed by atoms with Gasteiger partial charge in [0.25, 0.3) is 11.8 Å². The SMILES string of the molecule is COc1ccc2c(O)cc3c(c2c1)CCN3C(=O)c1cn2cc(NC(=O)c3ccc(O[C@@H]4OC(C(=O)O)C(=O)[C@H](O)[C@H]4O)cc3)ccc2n1. The minimum atomic E-state index is -2.01. The first kappa shape index (κ1) is 31.6. The molecule has 5 N–H and O–H groups in total. The van der Waals surface area contributed by atoms with Crippen molar-refractivity contribution in [3.05, 3.63) is 89.9 Å². The highest BCUT2D eigenvalue weighted by molar-refractivity contribution is 6.09. The van der Waals surface area contributed by atoms with Gasteiger partial charge >= 0.3 is 5.97 Å². The predicted octanol–water partition coefficient (Wildman–Crippen LogP) is 2.14. The Bertz CT molecular complexity index is 2160. The number of anilines is 2. The second kappa shape index (κ2) is 12.2. The van der Waals surface area contributed by atoms with Gasteiger partial charge in [0.05, 0.1) is 18.5 Å². The van der Waals surface area contributed by atoms with Crippen molar-refractivity contribution in [2.45, 2.75) is 31.0 Å². The fourth-order valence-corrected chi connectivity index (χ4v) is 5.97. The molecule has 0 radical (unpaired) electrons. The van der Waals surface area contributed by atoms with Gasteiger partial charge in [-0.25, -0.2) is 9.78 Å². The van der Waals surface area contributed by atoms with Crippen LogP contribution in [0.2, 0.25) is 0 Å². The molecule has 2 aliphatic rings. The molecule has 2 amide bonds. The van der Waals surface area contributed by atoms with Crippen molar-refractivity contribution < 1.29 is 53.8 Å². The van der Waals surface area contributed by atoms with Crippen LogP contribution in [-0.2, 0) is 20.7 Å². The summed E-state index contributed by atoms with van der Waals surface area (Å²) in [6, 6.07) is 15.8. The molecule has 0 bridgehead atoms. The van der Waals surface area contributed by atoms with Crippen LogP contribution < -0.4 is 19.7 Å². The Balaban J connectivity index is 1.04. The van der Waals surface area contributed by atoms with E-state index in [0.717, 1.165) is 10.9 Å². The van der Waals surface area contributed by atoms with Gasteiger partial charge in [0.15, 0.2) is 0 Å².